The van der Waals surface area contributed by atoms with Crippen LogP contribution in [0.15, 0.2) is 46.9 Å². The van der Waals surface area contributed by atoms with E-state index in [1.807, 2.05) is 18.2 Å². The number of hydrogen-bond donors (Lipinski definition) is 2. The second-order valence-corrected chi connectivity index (χ2v) is 5.25. The Balaban J connectivity index is 2.24. The molecule has 2 rings (SSSR count). The Morgan fingerprint density at radius 1 is 1.26 bits per heavy atom. The highest BCUT2D eigenvalue weighted by atomic mass is 79.9. The van der Waals surface area contributed by atoms with Crippen molar-refractivity contribution in [3.8, 4) is 6.07 Å². The van der Waals surface area contributed by atoms with Crippen molar-refractivity contribution >= 4 is 27.3 Å². The topological polar surface area (TPSA) is 61.8 Å². The van der Waals surface area contributed by atoms with E-state index in [9.17, 15) is 0 Å². The summed E-state index contributed by atoms with van der Waals surface area (Å²) < 4.78 is 1.04. The molecule has 0 fully saturated rings. The van der Waals surface area contributed by atoms with Crippen molar-refractivity contribution in [2.45, 2.75) is 13.0 Å². The van der Waals surface area contributed by atoms with Gasteiger partial charge in [0.1, 0.15) is 0 Å². The van der Waals surface area contributed by atoms with E-state index in [0.717, 1.165) is 15.7 Å². The van der Waals surface area contributed by atoms with Gasteiger partial charge in [0.15, 0.2) is 0 Å². The first-order valence-electron chi connectivity index (χ1n) is 5.92. The zero-order chi connectivity index (χ0) is 13.8. The van der Waals surface area contributed by atoms with Crippen molar-refractivity contribution in [3.63, 3.8) is 0 Å². The van der Waals surface area contributed by atoms with Gasteiger partial charge in [-0.2, -0.15) is 5.26 Å². The third-order valence-corrected chi connectivity index (χ3v) is 3.40. The number of hydrogen-bond acceptors (Lipinski definition) is 3. The zero-order valence-electron chi connectivity index (χ0n) is 10.5. The first kappa shape index (κ1) is 13.4. The van der Waals surface area contributed by atoms with Crippen LogP contribution in [-0.2, 0) is 0 Å². The average molecular weight is 316 g/mol. The first-order chi connectivity index (χ1) is 9.10. The van der Waals surface area contributed by atoms with Gasteiger partial charge in [-0.3, -0.25) is 0 Å². The van der Waals surface area contributed by atoms with E-state index >= 15 is 0 Å². The molecule has 0 saturated heterocycles. The molecular formula is C15H14BrN3. The fourth-order valence-electron chi connectivity index (χ4n) is 1.84. The van der Waals surface area contributed by atoms with Gasteiger partial charge in [-0.15, -0.1) is 0 Å². The van der Waals surface area contributed by atoms with Gasteiger partial charge in [-0.25, -0.2) is 0 Å². The highest BCUT2D eigenvalue weighted by Crippen LogP contribution is 2.26. The maximum absolute atomic E-state index is 8.92. The van der Waals surface area contributed by atoms with Crippen molar-refractivity contribution in [1.82, 2.24) is 0 Å². The lowest BCUT2D eigenvalue weighted by molar-refractivity contribution is 0.884. The number of nitrogens with two attached hydrogens (primary N) is 1. The molecule has 19 heavy (non-hydrogen) atoms. The van der Waals surface area contributed by atoms with Gasteiger partial charge >= 0.3 is 0 Å². The number of benzene rings is 2. The van der Waals surface area contributed by atoms with Gasteiger partial charge in [-0.05, 0) is 42.8 Å². The largest absolute Gasteiger partial charge is 0.397 e. The summed E-state index contributed by atoms with van der Waals surface area (Å²) in [6.07, 6.45) is 0. The van der Waals surface area contributed by atoms with E-state index in [2.05, 4.69) is 40.3 Å². The molecule has 0 heterocycles. The van der Waals surface area contributed by atoms with E-state index in [1.54, 1.807) is 18.2 Å². The van der Waals surface area contributed by atoms with Crippen LogP contribution >= 0.6 is 15.9 Å². The molecule has 0 radical (unpaired) electrons. The molecule has 0 bridgehead atoms. The maximum atomic E-state index is 8.92. The highest BCUT2D eigenvalue weighted by Gasteiger charge is 2.08. The molecule has 1 atom stereocenters. The molecular weight excluding hydrogens is 302 g/mol. The quantitative estimate of drug-likeness (QED) is 0.839. The minimum atomic E-state index is 0.105. The van der Waals surface area contributed by atoms with Gasteiger partial charge < -0.3 is 11.1 Å². The van der Waals surface area contributed by atoms with E-state index in [-0.39, 0.29) is 6.04 Å². The van der Waals surface area contributed by atoms with Gasteiger partial charge in [0, 0.05) is 10.5 Å². The van der Waals surface area contributed by atoms with Gasteiger partial charge in [0.2, 0.25) is 0 Å². The minimum absolute atomic E-state index is 0.105. The Kier molecular flexibility index (Phi) is 4.08. The van der Waals surface area contributed by atoms with E-state index in [4.69, 9.17) is 11.0 Å². The Hall–Kier alpha value is -1.99. The van der Waals surface area contributed by atoms with Crippen molar-refractivity contribution in [2.24, 2.45) is 0 Å². The second kappa shape index (κ2) is 5.77. The summed E-state index contributed by atoms with van der Waals surface area (Å²) in [7, 11) is 0. The normalized spacial score (nSPS) is 11.6. The molecule has 0 aliphatic heterocycles. The number of nitriles is 1. The lowest BCUT2D eigenvalue weighted by Gasteiger charge is -2.17. The van der Waals surface area contributed by atoms with Gasteiger partial charge in [0.25, 0.3) is 0 Å². The molecule has 3 N–H and O–H groups in total. The average Bonchev–Trinajstić information content (AvgIpc) is 2.41. The number of rotatable bonds is 3. The molecule has 2 aromatic carbocycles. The van der Waals surface area contributed by atoms with Gasteiger partial charge in [0.05, 0.1) is 23.0 Å². The summed E-state index contributed by atoms with van der Waals surface area (Å²) >= 11 is 3.46. The Bertz CT molecular complexity index is 632. The van der Waals surface area contributed by atoms with Crippen LogP contribution in [0.2, 0.25) is 0 Å². The molecule has 0 aliphatic rings. The molecule has 2 aromatic rings. The summed E-state index contributed by atoms with van der Waals surface area (Å²) in [5.74, 6) is 0. The van der Waals surface area contributed by atoms with E-state index < -0.39 is 0 Å². The molecule has 0 saturated carbocycles. The van der Waals surface area contributed by atoms with Crippen LogP contribution in [0.4, 0.5) is 11.4 Å². The molecule has 1 unspecified atom stereocenters. The van der Waals surface area contributed by atoms with Crippen LogP contribution in [0.3, 0.4) is 0 Å². The Morgan fingerprint density at radius 2 is 2.05 bits per heavy atom. The summed E-state index contributed by atoms with van der Waals surface area (Å²) in [5.41, 5.74) is 9.09. The van der Waals surface area contributed by atoms with E-state index in [1.165, 1.54) is 0 Å². The van der Waals surface area contributed by atoms with Crippen molar-refractivity contribution in [2.75, 3.05) is 11.1 Å². The summed E-state index contributed by atoms with van der Waals surface area (Å²) in [5, 5.41) is 12.2. The standard InChI is InChI=1S/C15H14BrN3/c1-10(12-3-2-4-13(16)8-12)19-15-7-11(9-17)5-6-14(15)18/h2-8,10,19H,18H2,1H3. The molecule has 3 nitrogen and oxygen atoms in total. The minimum Gasteiger partial charge on any atom is -0.397 e. The molecule has 96 valence electrons. The second-order valence-electron chi connectivity index (χ2n) is 4.33. The number of nitrogen functional groups attached to an aromatic ring is 1. The molecule has 0 aliphatic carbocycles. The van der Waals surface area contributed by atoms with Crippen molar-refractivity contribution in [1.29, 1.82) is 5.26 Å². The molecule has 0 aromatic heterocycles. The van der Waals surface area contributed by atoms with Crippen molar-refractivity contribution in [3.05, 3.63) is 58.1 Å². The number of anilines is 2. The van der Waals surface area contributed by atoms with Crippen LogP contribution in [0.1, 0.15) is 24.1 Å². The summed E-state index contributed by atoms with van der Waals surface area (Å²) in [4.78, 5) is 0. The highest BCUT2D eigenvalue weighted by molar-refractivity contribution is 9.10. The van der Waals surface area contributed by atoms with Crippen LogP contribution in [0, 0.1) is 11.3 Å². The molecule has 0 amide bonds. The van der Waals surface area contributed by atoms with Crippen LogP contribution < -0.4 is 11.1 Å². The SMILES string of the molecule is CC(Nc1cc(C#N)ccc1N)c1cccc(Br)c1. The van der Waals surface area contributed by atoms with Crippen LogP contribution in [-0.4, -0.2) is 0 Å². The maximum Gasteiger partial charge on any atom is 0.0992 e. The monoisotopic (exact) mass is 315 g/mol. The molecule has 4 heteroatoms. The van der Waals surface area contributed by atoms with Crippen molar-refractivity contribution < 1.29 is 0 Å². The lowest BCUT2D eigenvalue weighted by atomic mass is 10.1. The molecule has 0 spiro atoms. The fourth-order valence-corrected chi connectivity index (χ4v) is 2.26. The summed E-state index contributed by atoms with van der Waals surface area (Å²) in [6, 6.07) is 15.5. The van der Waals surface area contributed by atoms with Crippen LogP contribution in [0.5, 0.6) is 0 Å². The smallest absolute Gasteiger partial charge is 0.0992 e. The Morgan fingerprint density at radius 3 is 2.74 bits per heavy atom. The fraction of sp³-hybridized carbons (Fsp3) is 0.133. The third-order valence-electron chi connectivity index (χ3n) is 2.90. The zero-order valence-corrected chi connectivity index (χ0v) is 12.1. The number of nitrogens with one attached hydrogen (secondary N) is 1. The van der Waals surface area contributed by atoms with E-state index in [0.29, 0.717) is 11.3 Å². The van der Waals surface area contributed by atoms with Crippen LogP contribution in [0.25, 0.3) is 0 Å². The predicted octanol–water partition coefficient (Wildman–Crippen LogP) is 4.08. The number of nitrogens with zero attached hydrogens (tertiary/aromatic N) is 1. The Labute approximate surface area is 121 Å². The lowest BCUT2D eigenvalue weighted by Crippen LogP contribution is -2.08. The summed E-state index contributed by atoms with van der Waals surface area (Å²) in [6.45, 7) is 2.06. The predicted molar refractivity (Wildman–Crippen MR) is 81.7 cm³/mol. The third kappa shape index (κ3) is 3.27. The first-order valence-corrected chi connectivity index (χ1v) is 6.71. The number of halogens is 1. The van der Waals surface area contributed by atoms with Gasteiger partial charge in [-0.1, -0.05) is 28.1 Å².